The molecule has 1 N–H and O–H groups in total. The smallest absolute Gasteiger partial charge is 0.339 e. The van der Waals surface area contributed by atoms with E-state index in [4.69, 9.17) is 9.52 Å². The Morgan fingerprint density at radius 2 is 2.35 bits per heavy atom. The highest BCUT2D eigenvalue weighted by Gasteiger charge is 2.30. The van der Waals surface area contributed by atoms with Crippen LogP contribution in [0.25, 0.3) is 0 Å². The van der Waals surface area contributed by atoms with E-state index in [1.807, 2.05) is 0 Å². The molecule has 1 aliphatic rings. The Hall–Kier alpha value is -1.29. The number of rotatable bonds is 7. The molecule has 94 valence electrons. The van der Waals surface area contributed by atoms with Gasteiger partial charge in [0.05, 0.1) is 12.8 Å². The van der Waals surface area contributed by atoms with Crippen molar-refractivity contribution in [2.45, 2.75) is 45.2 Å². The summed E-state index contributed by atoms with van der Waals surface area (Å²) in [6.07, 6.45) is 6.23. The Balaban J connectivity index is 2.01. The van der Waals surface area contributed by atoms with Crippen LogP contribution in [-0.2, 0) is 6.54 Å². The van der Waals surface area contributed by atoms with Crippen LogP contribution >= 0.6 is 0 Å². The van der Waals surface area contributed by atoms with Crippen molar-refractivity contribution in [1.82, 2.24) is 4.90 Å². The molecular weight excluding hydrogens is 218 g/mol. The molecular formula is C13H19NO3. The Labute approximate surface area is 101 Å². The van der Waals surface area contributed by atoms with Crippen molar-refractivity contribution in [3.63, 3.8) is 0 Å². The number of unbranched alkanes of at least 4 members (excludes halogenated alkanes) is 1. The number of carboxylic acid groups (broad SMARTS) is 1. The van der Waals surface area contributed by atoms with Gasteiger partial charge < -0.3 is 9.52 Å². The molecule has 0 radical (unpaired) electrons. The number of hydrogen-bond donors (Lipinski definition) is 1. The van der Waals surface area contributed by atoms with Gasteiger partial charge in [0.1, 0.15) is 11.3 Å². The first kappa shape index (κ1) is 12.2. The molecule has 1 fully saturated rings. The Morgan fingerprint density at radius 1 is 1.59 bits per heavy atom. The van der Waals surface area contributed by atoms with Crippen molar-refractivity contribution in [3.05, 3.63) is 23.7 Å². The lowest BCUT2D eigenvalue weighted by atomic mass is 10.2. The van der Waals surface area contributed by atoms with Crippen LogP contribution in [0.5, 0.6) is 0 Å². The minimum absolute atomic E-state index is 0.298. The molecule has 1 aromatic heterocycles. The van der Waals surface area contributed by atoms with Gasteiger partial charge in [-0.1, -0.05) is 13.3 Å². The fraction of sp³-hybridized carbons (Fsp3) is 0.615. The topological polar surface area (TPSA) is 53.7 Å². The molecule has 4 nitrogen and oxygen atoms in total. The SMILES string of the molecule is CCCCN(Cc1occc1C(=O)O)C1CC1. The van der Waals surface area contributed by atoms with Gasteiger partial charge in [-0.3, -0.25) is 4.90 Å². The van der Waals surface area contributed by atoms with Crippen molar-refractivity contribution >= 4 is 5.97 Å². The Bertz CT molecular complexity index is 382. The summed E-state index contributed by atoms with van der Waals surface area (Å²) in [4.78, 5) is 13.3. The van der Waals surface area contributed by atoms with Gasteiger partial charge >= 0.3 is 5.97 Å². The predicted octanol–water partition coefficient (Wildman–Crippen LogP) is 2.74. The van der Waals surface area contributed by atoms with Crippen molar-refractivity contribution in [2.24, 2.45) is 0 Å². The van der Waals surface area contributed by atoms with Gasteiger partial charge in [0.2, 0.25) is 0 Å². The minimum atomic E-state index is -0.903. The standard InChI is InChI=1S/C13H19NO3/c1-2-3-7-14(10-4-5-10)9-12-11(13(15)16)6-8-17-12/h6,8,10H,2-5,7,9H2,1H3,(H,15,16). The largest absolute Gasteiger partial charge is 0.478 e. The van der Waals surface area contributed by atoms with E-state index in [9.17, 15) is 4.79 Å². The average Bonchev–Trinajstić information content (AvgIpc) is 3.03. The molecule has 0 spiro atoms. The summed E-state index contributed by atoms with van der Waals surface area (Å²) in [5.41, 5.74) is 0.298. The highest BCUT2D eigenvalue weighted by molar-refractivity contribution is 5.88. The number of carboxylic acids is 1. The van der Waals surface area contributed by atoms with E-state index in [1.165, 1.54) is 25.2 Å². The summed E-state index contributed by atoms with van der Waals surface area (Å²) >= 11 is 0. The highest BCUT2D eigenvalue weighted by atomic mass is 16.4. The first-order valence-corrected chi connectivity index (χ1v) is 6.26. The van der Waals surface area contributed by atoms with E-state index in [0.717, 1.165) is 19.4 Å². The van der Waals surface area contributed by atoms with Crippen LogP contribution in [0.15, 0.2) is 16.7 Å². The summed E-state index contributed by atoms with van der Waals surface area (Å²) in [6, 6.07) is 2.16. The van der Waals surface area contributed by atoms with E-state index < -0.39 is 5.97 Å². The van der Waals surface area contributed by atoms with Gasteiger partial charge in [-0.15, -0.1) is 0 Å². The second-order valence-electron chi connectivity index (χ2n) is 4.62. The second-order valence-corrected chi connectivity index (χ2v) is 4.62. The van der Waals surface area contributed by atoms with E-state index in [0.29, 0.717) is 23.9 Å². The van der Waals surface area contributed by atoms with Gasteiger partial charge in [-0.25, -0.2) is 4.79 Å². The van der Waals surface area contributed by atoms with Crippen molar-refractivity contribution in [1.29, 1.82) is 0 Å². The third-order valence-corrected chi connectivity index (χ3v) is 3.18. The van der Waals surface area contributed by atoms with E-state index in [2.05, 4.69) is 11.8 Å². The third-order valence-electron chi connectivity index (χ3n) is 3.18. The number of nitrogens with zero attached hydrogens (tertiary/aromatic N) is 1. The zero-order chi connectivity index (χ0) is 12.3. The van der Waals surface area contributed by atoms with Gasteiger partial charge in [0.25, 0.3) is 0 Å². The summed E-state index contributed by atoms with van der Waals surface area (Å²) < 4.78 is 5.29. The maximum absolute atomic E-state index is 11.0. The van der Waals surface area contributed by atoms with Gasteiger partial charge in [0, 0.05) is 6.04 Å². The van der Waals surface area contributed by atoms with Crippen LogP contribution in [0, 0.1) is 0 Å². The molecule has 1 heterocycles. The Kier molecular flexibility index (Phi) is 3.84. The molecule has 0 atom stereocenters. The van der Waals surface area contributed by atoms with Gasteiger partial charge in [-0.2, -0.15) is 0 Å². The van der Waals surface area contributed by atoms with E-state index in [-0.39, 0.29) is 0 Å². The maximum Gasteiger partial charge on any atom is 0.339 e. The second kappa shape index (κ2) is 5.36. The molecule has 0 aliphatic heterocycles. The fourth-order valence-corrected chi connectivity index (χ4v) is 2.03. The quantitative estimate of drug-likeness (QED) is 0.792. The third kappa shape index (κ3) is 3.09. The number of aromatic carboxylic acids is 1. The van der Waals surface area contributed by atoms with Crippen LogP contribution in [0.1, 0.15) is 48.7 Å². The molecule has 4 heteroatoms. The molecule has 1 saturated carbocycles. The van der Waals surface area contributed by atoms with Crippen LogP contribution < -0.4 is 0 Å². The zero-order valence-electron chi connectivity index (χ0n) is 10.2. The van der Waals surface area contributed by atoms with Crippen molar-refractivity contribution < 1.29 is 14.3 Å². The van der Waals surface area contributed by atoms with Crippen LogP contribution in [-0.4, -0.2) is 28.6 Å². The summed E-state index contributed by atoms with van der Waals surface area (Å²) in [5, 5.41) is 9.02. The molecule has 0 bridgehead atoms. The normalized spacial score (nSPS) is 15.4. The molecule has 2 rings (SSSR count). The molecule has 0 amide bonds. The average molecular weight is 237 g/mol. The number of furan rings is 1. The fourth-order valence-electron chi connectivity index (χ4n) is 2.03. The molecule has 0 unspecified atom stereocenters. The summed E-state index contributed by atoms with van der Waals surface area (Å²) in [6.45, 7) is 3.82. The zero-order valence-corrected chi connectivity index (χ0v) is 10.2. The Morgan fingerprint density at radius 3 is 2.94 bits per heavy atom. The van der Waals surface area contributed by atoms with Crippen LogP contribution in [0.2, 0.25) is 0 Å². The van der Waals surface area contributed by atoms with Gasteiger partial charge in [0.15, 0.2) is 0 Å². The van der Waals surface area contributed by atoms with E-state index >= 15 is 0 Å². The lowest BCUT2D eigenvalue weighted by molar-refractivity contribution is 0.0692. The van der Waals surface area contributed by atoms with Crippen molar-refractivity contribution in [3.8, 4) is 0 Å². The molecule has 17 heavy (non-hydrogen) atoms. The monoisotopic (exact) mass is 237 g/mol. The summed E-state index contributed by atoms with van der Waals surface area (Å²) in [5.74, 6) is -0.319. The first-order chi connectivity index (χ1) is 8.22. The molecule has 1 aliphatic carbocycles. The summed E-state index contributed by atoms with van der Waals surface area (Å²) in [7, 11) is 0. The molecule has 0 aromatic carbocycles. The maximum atomic E-state index is 11.0. The van der Waals surface area contributed by atoms with Crippen LogP contribution in [0.4, 0.5) is 0 Å². The lowest BCUT2D eigenvalue weighted by Gasteiger charge is -2.20. The van der Waals surface area contributed by atoms with Crippen LogP contribution in [0.3, 0.4) is 0 Å². The van der Waals surface area contributed by atoms with E-state index in [1.54, 1.807) is 0 Å². The highest BCUT2D eigenvalue weighted by Crippen LogP contribution is 2.29. The number of carbonyl (C=O) groups is 1. The van der Waals surface area contributed by atoms with Crippen molar-refractivity contribution in [2.75, 3.05) is 6.54 Å². The first-order valence-electron chi connectivity index (χ1n) is 6.26. The molecule has 0 saturated heterocycles. The lowest BCUT2D eigenvalue weighted by Crippen LogP contribution is -2.27. The molecule has 1 aromatic rings. The minimum Gasteiger partial charge on any atom is -0.478 e. The predicted molar refractivity (Wildman–Crippen MR) is 64.0 cm³/mol. The van der Waals surface area contributed by atoms with Gasteiger partial charge in [-0.05, 0) is 31.9 Å². The number of hydrogen-bond acceptors (Lipinski definition) is 3.